The maximum Gasteiger partial charge on any atom is 0.513 e. The molecule has 0 aromatic heterocycles. The molecule has 0 aliphatic carbocycles. The van der Waals surface area contributed by atoms with Crippen LogP contribution in [0.3, 0.4) is 0 Å². The Kier molecular flexibility index (Phi) is 13.1. The zero-order valence-corrected chi connectivity index (χ0v) is 22.2. The number of rotatable bonds is 12. The van der Waals surface area contributed by atoms with Crippen molar-refractivity contribution in [3.8, 4) is 0 Å². The fourth-order valence-corrected chi connectivity index (χ4v) is 7.29. The molecule has 0 fully saturated rings. The van der Waals surface area contributed by atoms with Gasteiger partial charge in [0.15, 0.2) is 0 Å². The molecule has 0 aromatic rings. The van der Waals surface area contributed by atoms with Gasteiger partial charge in [-0.1, -0.05) is 0 Å². The lowest BCUT2D eigenvalue weighted by Crippen LogP contribution is -2.63. The van der Waals surface area contributed by atoms with Gasteiger partial charge in [0.05, 0.1) is 29.6 Å². The molecule has 0 rings (SSSR count). The molecule has 0 aromatic carbocycles. The third-order valence-electron chi connectivity index (χ3n) is 6.12. The van der Waals surface area contributed by atoms with Gasteiger partial charge in [-0.2, -0.15) is 79.0 Å². The normalized spacial score (nSPS) is 19.5. The van der Waals surface area contributed by atoms with E-state index in [1.165, 1.54) is 0 Å². The summed E-state index contributed by atoms with van der Waals surface area (Å²) in [5, 5.41) is 0. The molecule has 0 bridgehead atoms. The van der Waals surface area contributed by atoms with Crippen molar-refractivity contribution in [2.45, 2.75) is 55.4 Å². The van der Waals surface area contributed by atoms with E-state index in [1.807, 2.05) is 0 Å². The molecule has 0 heterocycles. The van der Waals surface area contributed by atoms with Gasteiger partial charge in [0, 0.05) is 27.2 Å². The Hall–Kier alpha value is -0.873. The van der Waals surface area contributed by atoms with Gasteiger partial charge in [0.25, 0.3) is 0 Å². The maximum absolute atomic E-state index is 14.1. The van der Waals surface area contributed by atoms with Gasteiger partial charge in [-0.25, -0.2) is 0 Å². The van der Waals surface area contributed by atoms with E-state index in [-0.39, 0.29) is 21.3 Å². The van der Waals surface area contributed by atoms with Crippen LogP contribution in [-0.2, 0) is 13.3 Å². The number of hydrogen-bond acceptors (Lipinski definition) is 3. The van der Waals surface area contributed by atoms with E-state index in [2.05, 4.69) is 13.3 Å². The van der Waals surface area contributed by atoms with Gasteiger partial charge in [0.1, 0.15) is 5.54 Å². The lowest BCUT2D eigenvalue weighted by molar-refractivity contribution is -0.357. The van der Waals surface area contributed by atoms with Crippen LogP contribution >= 0.6 is 11.6 Å². The van der Waals surface area contributed by atoms with Crippen molar-refractivity contribution >= 4 is 20.4 Å². The quantitative estimate of drug-likeness (QED) is 0.117. The van der Waals surface area contributed by atoms with Gasteiger partial charge < -0.3 is 13.3 Å². The molecule has 0 aliphatic heterocycles. The van der Waals surface area contributed by atoms with Crippen LogP contribution in [-0.4, -0.2) is 73.1 Å². The van der Waals surface area contributed by atoms with E-state index >= 15 is 0 Å². The lowest BCUT2D eigenvalue weighted by Gasteiger charge is -2.47. The van der Waals surface area contributed by atoms with Gasteiger partial charge in [-0.3, -0.25) is 0 Å². The molecule has 23 heteroatoms. The average Bonchev–Trinajstić information content (AvgIpc) is 2.72. The third-order valence-corrected chi connectivity index (χ3v) is 9.54. The van der Waals surface area contributed by atoms with Gasteiger partial charge in [0.2, 0.25) is 0 Å². The van der Waals surface area contributed by atoms with Crippen molar-refractivity contribution in [3.05, 3.63) is 0 Å². The highest BCUT2D eigenvalue weighted by atomic mass is 35.5. The van der Waals surface area contributed by atoms with Crippen molar-refractivity contribution < 1.29 is 92.3 Å². The molecular weight excluding hydrogens is 670 g/mol. The Morgan fingerprint density at radius 2 is 0.805 bits per heavy atom. The molecule has 0 N–H and O–H groups in total. The number of hydrogen-bond donors (Lipinski definition) is 0. The summed E-state index contributed by atoms with van der Waals surface area (Å²) in [6.07, 6.45) is -45.1. The fraction of sp³-hybridized carbons (Fsp3) is 1.00. The first kappa shape index (κ1) is 40.1. The highest BCUT2D eigenvalue weighted by molar-refractivity contribution is 6.62. The maximum atomic E-state index is 14.1. The minimum atomic E-state index is -7.29. The summed E-state index contributed by atoms with van der Waals surface area (Å²) in [6.45, 7) is 0. The molecule has 3 nitrogen and oxygen atoms in total. The second-order valence-corrected chi connectivity index (χ2v) is 11.9. The van der Waals surface area contributed by atoms with E-state index in [1.54, 1.807) is 0 Å². The summed E-state index contributed by atoms with van der Waals surface area (Å²) < 4.78 is 264. The van der Waals surface area contributed by atoms with Crippen molar-refractivity contribution in [3.63, 3.8) is 0 Å². The zero-order valence-electron chi connectivity index (χ0n) is 20.5. The summed E-state index contributed by atoms with van der Waals surface area (Å²) in [4.78, 5) is 0. The first-order valence-corrected chi connectivity index (χ1v) is 12.9. The molecule has 0 saturated carbocycles. The van der Waals surface area contributed by atoms with Crippen LogP contribution in [0, 0.1) is 29.6 Å². The van der Waals surface area contributed by atoms with E-state index < -0.39 is 99.7 Å². The molecule has 6 atom stereocenters. The van der Waals surface area contributed by atoms with Crippen LogP contribution < -0.4 is 0 Å². The molecule has 0 amide bonds. The summed E-state index contributed by atoms with van der Waals surface area (Å²) in [5.41, 5.74) is -4.90. The number of alkyl halides is 19. The Labute approximate surface area is 225 Å². The van der Waals surface area contributed by atoms with Crippen molar-refractivity contribution in [1.29, 1.82) is 0 Å². The zero-order chi connectivity index (χ0) is 33.2. The first-order valence-electron chi connectivity index (χ1n) is 10.6. The summed E-state index contributed by atoms with van der Waals surface area (Å²) in [7, 11) is -6.01. The lowest BCUT2D eigenvalue weighted by atomic mass is 9.67. The van der Waals surface area contributed by atoms with Crippen LogP contribution in [0.2, 0.25) is 5.54 Å². The number of halogens is 19. The van der Waals surface area contributed by atoms with Gasteiger partial charge >= 0.3 is 45.9 Å². The van der Waals surface area contributed by atoms with Crippen molar-refractivity contribution in [2.24, 2.45) is 29.6 Å². The van der Waals surface area contributed by atoms with Crippen LogP contribution in [0.15, 0.2) is 0 Å². The Morgan fingerprint density at radius 3 is 1.02 bits per heavy atom. The largest absolute Gasteiger partial charge is 0.513 e. The fourth-order valence-electron chi connectivity index (χ4n) is 4.64. The highest BCUT2D eigenvalue weighted by Gasteiger charge is 2.78. The molecule has 0 spiro atoms. The second kappa shape index (κ2) is 13.4. The minimum absolute atomic E-state index is 0.0968. The topological polar surface area (TPSA) is 27.7 Å². The van der Waals surface area contributed by atoms with E-state index in [9.17, 15) is 79.0 Å². The smallest absolute Gasteiger partial charge is 0.376 e. The molecule has 248 valence electrons. The first-order chi connectivity index (χ1) is 18.0. The predicted molar refractivity (Wildman–Crippen MR) is 104 cm³/mol. The van der Waals surface area contributed by atoms with E-state index in [4.69, 9.17) is 11.6 Å². The highest BCUT2D eigenvalue weighted by Crippen LogP contribution is 2.63. The van der Waals surface area contributed by atoms with E-state index in [0.29, 0.717) is 0 Å². The molecule has 6 unspecified atom stereocenters. The summed E-state index contributed by atoms with van der Waals surface area (Å²) >= 11 is 5.06. The SMILES string of the molecule is CO[Si](OC)(OC)C(C(C(C(C(C(CCCCl)C(F)(F)F)C(F)(F)F)C(F)(F)F)C(F)(F)F)C(F)(F)F)C(F)(F)F. The van der Waals surface area contributed by atoms with Crippen LogP contribution in [0.4, 0.5) is 79.0 Å². The Bertz CT molecular complexity index is 791. The molecule has 0 saturated heterocycles. The Morgan fingerprint density at radius 1 is 0.488 bits per heavy atom. The summed E-state index contributed by atoms with van der Waals surface area (Å²) in [5.74, 6) is -28.0. The molecule has 0 radical (unpaired) electrons. The van der Waals surface area contributed by atoms with Gasteiger partial charge in [-0.15, -0.1) is 11.6 Å². The summed E-state index contributed by atoms with van der Waals surface area (Å²) in [6, 6.07) is 0. The van der Waals surface area contributed by atoms with Crippen LogP contribution in [0.1, 0.15) is 12.8 Å². The molecule has 41 heavy (non-hydrogen) atoms. The molecular formula is C18H21ClF18O3Si. The average molecular weight is 691 g/mol. The monoisotopic (exact) mass is 690 g/mol. The third kappa shape index (κ3) is 9.82. The Balaban J connectivity index is 8.24. The minimum Gasteiger partial charge on any atom is -0.376 e. The second-order valence-electron chi connectivity index (χ2n) is 8.48. The van der Waals surface area contributed by atoms with Crippen LogP contribution in [0.25, 0.3) is 0 Å². The van der Waals surface area contributed by atoms with Crippen molar-refractivity contribution in [2.75, 3.05) is 27.2 Å². The standard InChI is InChI=1S/C18H21ClF18O3Si/c1-38-41(39-2,40-3)12(18(35,36)37)11(17(32,33)34)10(16(29,30)31)9(15(26,27)28)8(14(23,24)25)7(5-4-6-19)13(20,21)22/h7-12H,4-6H2,1-3H3. The van der Waals surface area contributed by atoms with Gasteiger partial charge in [-0.05, 0) is 12.8 Å². The van der Waals surface area contributed by atoms with E-state index in [0.717, 1.165) is 0 Å². The predicted octanol–water partition coefficient (Wildman–Crippen LogP) is 8.71. The van der Waals surface area contributed by atoms with Crippen LogP contribution in [0.5, 0.6) is 0 Å². The molecule has 0 aliphatic rings. The van der Waals surface area contributed by atoms with Crippen molar-refractivity contribution in [1.82, 2.24) is 0 Å².